The van der Waals surface area contributed by atoms with E-state index in [1.54, 1.807) is 12.1 Å². The molecule has 1 N–H and O–H groups in total. The highest BCUT2D eigenvalue weighted by molar-refractivity contribution is 9.10. The van der Waals surface area contributed by atoms with Crippen molar-refractivity contribution in [3.8, 4) is 0 Å². The minimum Gasteiger partial charge on any atom is -0.313 e. The summed E-state index contributed by atoms with van der Waals surface area (Å²) in [5.41, 5.74) is 1.68. The Morgan fingerprint density at radius 2 is 1.85 bits per heavy atom. The van der Waals surface area contributed by atoms with Crippen LogP contribution in [0.2, 0.25) is 5.02 Å². The fourth-order valence-corrected chi connectivity index (χ4v) is 2.99. The Hall–Kier alpha value is -0.420. The largest absolute Gasteiger partial charge is 0.313 e. The zero-order chi connectivity index (χ0) is 14.7. The number of halogens is 4. The van der Waals surface area contributed by atoms with Crippen molar-refractivity contribution in [3.05, 3.63) is 67.3 Å². The lowest BCUT2D eigenvalue weighted by Crippen LogP contribution is -2.20. The van der Waals surface area contributed by atoms with E-state index in [9.17, 15) is 4.39 Å². The molecule has 0 heterocycles. The van der Waals surface area contributed by atoms with Crippen molar-refractivity contribution in [2.75, 3.05) is 7.05 Å². The zero-order valence-corrected chi connectivity index (χ0v) is 14.7. The van der Waals surface area contributed by atoms with Crippen molar-refractivity contribution >= 4 is 43.5 Å². The summed E-state index contributed by atoms with van der Waals surface area (Å²) in [4.78, 5) is 0. The lowest BCUT2D eigenvalue weighted by atomic mass is 9.98. The van der Waals surface area contributed by atoms with Crippen LogP contribution in [0.5, 0.6) is 0 Å². The third-order valence-electron chi connectivity index (χ3n) is 3.17. The van der Waals surface area contributed by atoms with E-state index < -0.39 is 0 Å². The van der Waals surface area contributed by atoms with Gasteiger partial charge in [-0.15, -0.1) is 0 Å². The molecule has 0 amide bonds. The lowest BCUT2D eigenvalue weighted by Gasteiger charge is -2.19. The second kappa shape index (κ2) is 7.03. The van der Waals surface area contributed by atoms with Crippen LogP contribution in [0.15, 0.2) is 45.3 Å². The number of hydrogen-bond acceptors (Lipinski definition) is 1. The molecular weight excluding hydrogens is 408 g/mol. The topological polar surface area (TPSA) is 12.0 Å². The molecule has 1 atom stereocenters. The van der Waals surface area contributed by atoms with Crippen molar-refractivity contribution in [2.24, 2.45) is 0 Å². The van der Waals surface area contributed by atoms with Crippen LogP contribution < -0.4 is 5.32 Å². The molecule has 1 nitrogen and oxygen atoms in total. The van der Waals surface area contributed by atoms with E-state index in [0.29, 0.717) is 16.5 Å². The maximum atomic E-state index is 14.3. The Bertz CT molecular complexity index is 619. The van der Waals surface area contributed by atoms with Gasteiger partial charge in [-0.2, -0.15) is 0 Å². The van der Waals surface area contributed by atoms with Gasteiger partial charge in [0.2, 0.25) is 0 Å². The normalized spacial score (nSPS) is 12.4. The average Bonchev–Trinajstić information content (AvgIpc) is 2.45. The minimum absolute atomic E-state index is 0.120. The Morgan fingerprint density at radius 3 is 2.50 bits per heavy atom. The van der Waals surface area contributed by atoms with E-state index in [4.69, 9.17) is 11.6 Å². The van der Waals surface area contributed by atoms with E-state index in [1.807, 2.05) is 31.3 Å². The van der Waals surface area contributed by atoms with Crippen LogP contribution >= 0.6 is 43.5 Å². The second-order valence-electron chi connectivity index (χ2n) is 4.40. The maximum absolute atomic E-state index is 14.3. The summed E-state index contributed by atoms with van der Waals surface area (Å²) in [6.45, 7) is 0. The van der Waals surface area contributed by atoms with E-state index in [0.717, 1.165) is 10.0 Å². The first kappa shape index (κ1) is 16.0. The summed E-state index contributed by atoms with van der Waals surface area (Å²) in [6, 6.07) is 11.3. The molecule has 0 aliphatic rings. The molecule has 0 saturated carbocycles. The first-order chi connectivity index (χ1) is 9.54. The first-order valence-electron chi connectivity index (χ1n) is 6.08. The molecule has 0 bridgehead atoms. The summed E-state index contributed by atoms with van der Waals surface area (Å²) in [5, 5.41) is 3.27. The van der Waals surface area contributed by atoms with Gasteiger partial charge in [0.25, 0.3) is 0 Å². The van der Waals surface area contributed by atoms with Crippen LogP contribution in [0.4, 0.5) is 4.39 Å². The molecule has 0 fully saturated rings. The van der Waals surface area contributed by atoms with Crippen LogP contribution in [0, 0.1) is 5.82 Å². The number of rotatable bonds is 4. The van der Waals surface area contributed by atoms with Crippen molar-refractivity contribution < 1.29 is 4.39 Å². The molecule has 0 radical (unpaired) electrons. The summed E-state index contributed by atoms with van der Waals surface area (Å²) >= 11 is 12.7. The molecule has 106 valence electrons. The molecule has 0 aromatic heterocycles. The van der Waals surface area contributed by atoms with Gasteiger partial charge < -0.3 is 5.32 Å². The third kappa shape index (κ3) is 3.42. The quantitative estimate of drug-likeness (QED) is 0.642. The summed E-state index contributed by atoms with van der Waals surface area (Å²) in [7, 11) is 1.82. The van der Waals surface area contributed by atoms with E-state index >= 15 is 0 Å². The van der Waals surface area contributed by atoms with E-state index in [-0.39, 0.29) is 16.9 Å². The van der Waals surface area contributed by atoms with Crippen molar-refractivity contribution in [1.82, 2.24) is 5.32 Å². The van der Waals surface area contributed by atoms with Crippen LogP contribution in [-0.4, -0.2) is 7.05 Å². The molecule has 2 rings (SSSR count). The number of benzene rings is 2. The number of hydrogen-bond donors (Lipinski definition) is 1. The molecule has 0 saturated heterocycles. The highest BCUT2D eigenvalue weighted by atomic mass is 79.9. The first-order valence-corrected chi connectivity index (χ1v) is 8.05. The fourth-order valence-electron chi connectivity index (χ4n) is 2.06. The smallest absolute Gasteiger partial charge is 0.147 e. The average molecular weight is 422 g/mol. The molecular formula is C15H13Br2ClFN. The number of nitrogens with one attached hydrogen (secondary N) is 1. The van der Waals surface area contributed by atoms with Gasteiger partial charge in [-0.05, 0) is 47.1 Å². The van der Waals surface area contributed by atoms with Crippen molar-refractivity contribution in [1.29, 1.82) is 0 Å². The molecule has 0 spiro atoms. The van der Waals surface area contributed by atoms with Crippen LogP contribution in [0.3, 0.4) is 0 Å². The van der Waals surface area contributed by atoms with Gasteiger partial charge in [0.15, 0.2) is 0 Å². The van der Waals surface area contributed by atoms with Crippen molar-refractivity contribution in [3.63, 3.8) is 0 Å². The lowest BCUT2D eigenvalue weighted by molar-refractivity contribution is 0.533. The molecule has 1 unspecified atom stereocenters. The van der Waals surface area contributed by atoms with Gasteiger partial charge in [-0.1, -0.05) is 51.8 Å². The Morgan fingerprint density at radius 1 is 1.15 bits per heavy atom. The Kier molecular flexibility index (Phi) is 5.61. The zero-order valence-electron chi connectivity index (χ0n) is 10.8. The van der Waals surface area contributed by atoms with Gasteiger partial charge in [0.1, 0.15) is 5.82 Å². The Balaban J connectivity index is 2.34. The van der Waals surface area contributed by atoms with Crippen LogP contribution in [-0.2, 0) is 6.42 Å². The van der Waals surface area contributed by atoms with Gasteiger partial charge in [0.05, 0.1) is 5.02 Å². The molecule has 5 heteroatoms. The SMILES string of the molecule is CNC(Cc1ccccc1Br)c1ccc(Br)c(Cl)c1F. The fraction of sp³-hybridized carbons (Fsp3) is 0.200. The predicted octanol–water partition coefficient (Wildman–Crippen LogP) is 5.51. The molecule has 0 aliphatic heterocycles. The van der Waals surface area contributed by atoms with Gasteiger partial charge in [-0.25, -0.2) is 4.39 Å². The Labute approximate surface area is 139 Å². The highest BCUT2D eigenvalue weighted by Gasteiger charge is 2.19. The predicted molar refractivity (Wildman–Crippen MR) is 88.8 cm³/mol. The molecule has 2 aromatic rings. The summed E-state index contributed by atoms with van der Waals surface area (Å²) < 4.78 is 15.9. The maximum Gasteiger partial charge on any atom is 0.147 e. The van der Waals surface area contributed by atoms with Crippen molar-refractivity contribution in [2.45, 2.75) is 12.5 Å². The highest BCUT2D eigenvalue weighted by Crippen LogP contribution is 2.32. The summed E-state index contributed by atoms with van der Waals surface area (Å²) in [6.07, 6.45) is 0.673. The monoisotopic (exact) mass is 419 g/mol. The molecule has 20 heavy (non-hydrogen) atoms. The van der Waals surface area contributed by atoms with E-state index in [2.05, 4.69) is 37.2 Å². The summed E-state index contributed by atoms with van der Waals surface area (Å²) in [5.74, 6) is -0.382. The van der Waals surface area contributed by atoms with E-state index in [1.165, 1.54) is 0 Å². The second-order valence-corrected chi connectivity index (χ2v) is 6.49. The number of likely N-dealkylation sites (N-methyl/N-ethyl adjacent to an activating group) is 1. The molecule has 2 aromatic carbocycles. The standard InChI is InChI=1S/C15H13Br2ClFN/c1-20-13(8-9-4-2-3-5-11(9)16)10-6-7-12(17)14(18)15(10)19/h2-7,13,20H,8H2,1H3. The van der Waals surface area contributed by atoms with Crippen LogP contribution in [0.25, 0.3) is 0 Å². The van der Waals surface area contributed by atoms with Gasteiger partial charge in [-0.3, -0.25) is 0 Å². The molecule has 0 aliphatic carbocycles. The third-order valence-corrected chi connectivity index (χ3v) is 5.20. The van der Waals surface area contributed by atoms with Crippen LogP contribution in [0.1, 0.15) is 17.2 Å². The van der Waals surface area contributed by atoms with Gasteiger partial charge in [0, 0.05) is 20.6 Å². The minimum atomic E-state index is -0.382. The van der Waals surface area contributed by atoms with Gasteiger partial charge >= 0.3 is 0 Å².